The fraction of sp³-hybridized carbons (Fsp3) is 0.400. The van der Waals surface area contributed by atoms with Crippen LogP contribution < -0.4 is 21.3 Å². The number of rotatable bonds is 14. The standard InChI is InChI=1S/C20H25IN4O9/c21-12-5-3-11(4-6-12)17(29)22-9-1-2-15(26)24-14(19(32)33)10-23-20(34)25-13(18(30)31)7-8-16(27)28/h3-6,13-14H,1-2,7-10H2,(H,22,29)(H,24,26)(H,27,28)(H,30,31)(H,32,33)(H2,23,25,34)/t13-,14-/m0/s1. The Kier molecular flexibility index (Phi) is 12.3. The summed E-state index contributed by atoms with van der Waals surface area (Å²) in [5, 5.41) is 35.9. The maximum absolute atomic E-state index is 12.0. The van der Waals surface area contributed by atoms with Crippen LogP contribution in [0.3, 0.4) is 0 Å². The van der Waals surface area contributed by atoms with Crippen LogP contribution in [0, 0.1) is 3.57 Å². The Morgan fingerprint density at radius 2 is 1.44 bits per heavy atom. The molecule has 0 aliphatic heterocycles. The van der Waals surface area contributed by atoms with E-state index in [4.69, 9.17) is 10.2 Å². The first kappa shape index (κ1) is 28.6. The molecule has 0 aliphatic carbocycles. The summed E-state index contributed by atoms with van der Waals surface area (Å²) in [5.41, 5.74) is 0.466. The number of hydrogen-bond acceptors (Lipinski definition) is 6. The van der Waals surface area contributed by atoms with Gasteiger partial charge in [0, 0.05) is 28.5 Å². The number of amides is 4. The molecule has 0 unspecified atom stereocenters. The minimum atomic E-state index is -1.48. The van der Waals surface area contributed by atoms with Crippen LogP contribution in [0.4, 0.5) is 4.79 Å². The number of hydrogen-bond donors (Lipinski definition) is 7. The van der Waals surface area contributed by atoms with Gasteiger partial charge < -0.3 is 36.6 Å². The molecule has 0 saturated carbocycles. The molecule has 13 nitrogen and oxygen atoms in total. The molecule has 186 valence electrons. The van der Waals surface area contributed by atoms with Crippen molar-refractivity contribution in [2.75, 3.05) is 13.1 Å². The lowest BCUT2D eigenvalue weighted by Gasteiger charge is -2.18. The Bertz CT molecular complexity index is 908. The number of halogens is 1. The van der Waals surface area contributed by atoms with Crippen molar-refractivity contribution in [1.29, 1.82) is 0 Å². The summed E-state index contributed by atoms with van der Waals surface area (Å²) in [6.45, 7) is -0.356. The largest absolute Gasteiger partial charge is 0.481 e. The van der Waals surface area contributed by atoms with Gasteiger partial charge in [0.25, 0.3) is 5.91 Å². The van der Waals surface area contributed by atoms with Gasteiger partial charge in [-0.2, -0.15) is 0 Å². The van der Waals surface area contributed by atoms with Gasteiger partial charge in [-0.15, -0.1) is 0 Å². The smallest absolute Gasteiger partial charge is 0.328 e. The number of carbonyl (C=O) groups excluding carboxylic acids is 3. The van der Waals surface area contributed by atoms with Crippen molar-refractivity contribution in [2.24, 2.45) is 0 Å². The third kappa shape index (κ3) is 11.4. The van der Waals surface area contributed by atoms with Crippen LogP contribution >= 0.6 is 22.6 Å². The average molecular weight is 592 g/mol. The number of carboxylic acids is 3. The number of nitrogens with one attached hydrogen (secondary N) is 4. The van der Waals surface area contributed by atoms with Gasteiger partial charge in [0.05, 0.1) is 6.54 Å². The maximum Gasteiger partial charge on any atom is 0.328 e. The van der Waals surface area contributed by atoms with Crippen molar-refractivity contribution in [2.45, 2.75) is 37.8 Å². The molecule has 7 N–H and O–H groups in total. The van der Waals surface area contributed by atoms with Crippen molar-refractivity contribution >= 4 is 58.3 Å². The summed E-state index contributed by atoms with van der Waals surface area (Å²) in [7, 11) is 0. The Labute approximate surface area is 207 Å². The van der Waals surface area contributed by atoms with Crippen LogP contribution in [-0.2, 0) is 19.2 Å². The van der Waals surface area contributed by atoms with Crippen molar-refractivity contribution in [3.63, 3.8) is 0 Å². The SMILES string of the molecule is O=C(O)CC[C@H](NC(=O)NC[C@H](NC(=O)CCCNC(=O)c1ccc(I)cc1)C(=O)O)C(=O)O. The van der Waals surface area contributed by atoms with E-state index >= 15 is 0 Å². The summed E-state index contributed by atoms with van der Waals surface area (Å²) in [6, 6.07) is 2.88. The average Bonchev–Trinajstić information content (AvgIpc) is 2.76. The molecule has 2 atom stereocenters. The highest BCUT2D eigenvalue weighted by molar-refractivity contribution is 14.1. The highest BCUT2D eigenvalue weighted by atomic mass is 127. The number of carbonyl (C=O) groups is 6. The first-order chi connectivity index (χ1) is 16.0. The molecule has 34 heavy (non-hydrogen) atoms. The third-order valence-electron chi connectivity index (χ3n) is 4.32. The van der Waals surface area contributed by atoms with Gasteiger partial charge in [0.1, 0.15) is 12.1 Å². The van der Waals surface area contributed by atoms with Crippen LogP contribution in [0.15, 0.2) is 24.3 Å². The molecule has 1 aromatic rings. The van der Waals surface area contributed by atoms with E-state index in [0.29, 0.717) is 5.56 Å². The van der Waals surface area contributed by atoms with Gasteiger partial charge in [0.2, 0.25) is 5.91 Å². The van der Waals surface area contributed by atoms with E-state index in [1.165, 1.54) is 0 Å². The van der Waals surface area contributed by atoms with Crippen molar-refractivity contribution in [3.05, 3.63) is 33.4 Å². The van der Waals surface area contributed by atoms with Gasteiger partial charge in [0.15, 0.2) is 0 Å². The highest BCUT2D eigenvalue weighted by Crippen LogP contribution is 2.06. The zero-order valence-electron chi connectivity index (χ0n) is 17.9. The molecular formula is C20H25IN4O9. The summed E-state index contributed by atoms with van der Waals surface area (Å²) >= 11 is 2.11. The van der Waals surface area contributed by atoms with E-state index < -0.39 is 54.9 Å². The van der Waals surface area contributed by atoms with Gasteiger partial charge in [-0.25, -0.2) is 14.4 Å². The first-order valence-electron chi connectivity index (χ1n) is 10.0. The lowest BCUT2D eigenvalue weighted by atomic mass is 10.1. The van der Waals surface area contributed by atoms with Crippen LogP contribution in [0.1, 0.15) is 36.0 Å². The normalized spacial score (nSPS) is 12.0. The number of urea groups is 1. The van der Waals surface area contributed by atoms with Crippen molar-refractivity contribution < 1.29 is 44.1 Å². The molecule has 0 fully saturated rings. The monoisotopic (exact) mass is 592 g/mol. The molecule has 0 aromatic heterocycles. The lowest BCUT2D eigenvalue weighted by Crippen LogP contribution is -2.52. The Hall–Kier alpha value is -3.43. The second kappa shape index (κ2) is 14.7. The highest BCUT2D eigenvalue weighted by Gasteiger charge is 2.24. The quantitative estimate of drug-likeness (QED) is 0.114. The van der Waals surface area contributed by atoms with Crippen molar-refractivity contribution in [1.82, 2.24) is 21.3 Å². The molecule has 0 bridgehead atoms. The summed E-state index contributed by atoms with van der Waals surface area (Å²) in [5.74, 6) is -5.05. The van der Waals surface area contributed by atoms with Gasteiger partial charge in [-0.3, -0.25) is 14.4 Å². The molecule has 0 saturated heterocycles. The number of benzene rings is 1. The fourth-order valence-corrected chi connectivity index (χ4v) is 2.91. The zero-order valence-corrected chi connectivity index (χ0v) is 20.0. The number of carboxylic acid groups (broad SMARTS) is 3. The zero-order chi connectivity index (χ0) is 25.7. The van der Waals surface area contributed by atoms with Crippen LogP contribution in [-0.4, -0.2) is 76.2 Å². The topological polar surface area (TPSA) is 211 Å². The second-order valence-corrected chi connectivity index (χ2v) is 8.25. The summed E-state index contributed by atoms with van der Waals surface area (Å²) in [6.07, 6.45) is -0.696. The molecule has 1 rings (SSSR count). The van der Waals surface area contributed by atoms with Gasteiger partial charge in [-0.1, -0.05) is 0 Å². The Morgan fingerprint density at radius 1 is 0.824 bits per heavy atom. The predicted octanol–water partition coefficient (Wildman–Crippen LogP) is -0.0122. The van der Waals surface area contributed by atoms with E-state index in [9.17, 15) is 33.9 Å². The second-order valence-electron chi connectivity index (χ2n) is 7.00. The fourth-order valence-electron chi connectivity index (χ4n) is 2.55. The van der Waals surface area contributed by atoms with E-state index in [-0.39, 0.29) is 31.7 Å². The first-order valence-corrected chi connectivity index (χ1v) is 11.1. The lowest BCUT2D eigenvalue weighted by molar-refractivity contribution is -0.142. The molecular weight excluding hydrogens is 567 g/mol. The summed E-state index contributed by atoms with van der Waals surface area (Å²) in [4.78, 5) is 68.9. The summed E-state index contributed by atoms with van der Waals surface area (Å²) < 4.78 is 0.977. The van der Waals surface area contributed by atoms with Crippen LogP contribution in [0.5, 0.6) is 0 Å². The minimum absolute atomic E-state index is 0.0841. The van der Waals surface area contributed by atoms with Gasteiger partial charge in [-0.05, 0) is 59.7 Å². The molecule has 4 amide bonds. The molecule has 0 heterocycles. The van der Waals surface area contributed by atoms with E-state index in [1.54, 1.807) is 24.3 Å². The molecule has 1 aromatic carbocycles. The van der Waals surface area contributed by atoms with Crippen molar-refractivity contribution in [3.8, 4) is 0 Å². The predicted molar refractivity (Wildman–Crippen MR) is 125 cm³/mol. The Balaban J connectivity index is 2.40. The van der Waals surface area contributed by atoms with E-state index in [2.05, 4.69) is 38.5 Å². The minimum Gasteiger partial charge on any atom is -0.481 e. The molecule has 0 radical (unpaired) electrons. The van der Waals surface area contributed by atoms with E-state index in [1.807, 2.05) is 5.32 Å². The third-order valence-corrected chi connectivity index (χ3v) is 5.04. The van der Waals surface area contributed by atoms with Crippen LogP contribution in [0.2, 0.25) is 0 Å². The number of aliphatic carboxylic acids is 3. The van der Waals surface area contributed by atoms with Crippen LogP contribution in [0.25, 0.3) is 0 Å². The van der Waals surface area contributed by atoms with Gasteiger partial charge >= 0.3 is 23.9 Å². The molecule has 14 heteroatoms. The van der Waals surface area contributed by atoms with E-state index in [0.717, 1.165) is 3.57 Å². The molecule has 0 spiro atoms. The Morgan fingerprint density at radius 3 is 2.00 bits per heavy atom. The molecule has 0 aliphatic rings. The maximum atomic E-state index is 12.0.